The van der Waals surface area contributed by atoms with Crippen LogP contribution in [0.4, 0.5) is 0 Å². The molecule has 1 saturated carbocycles. The van der Waals surface area contributed by atoms with Gasteiger partial charge in [-0.1, -0.05) is 30.3 Å². The number of hydrogen-bond donors (Lipinski definition) is 2. The van der Waals surface area contributed by atoms with Crippen molar-refractivity contribution in [2.45, 2.75) is 38.0 Å². The second kappa shape index (κ2) is 8.42. The lowest BCUT2D eigenvalue weighted by Crippen LogP contribution is -2.27. The van der Waals surface area contributed by atoms with E-state index in [1.54, 1.807) is 19.2 Å². The van der Waals surface area contributed by atoms with E-state index in [0.717, 1.165) is 6.42 Å². The second-order valence-corrected chi connectivity index (χ2v) is 7.54. The Balaban J connectivity index is 1.28. The first-order chi connectivity index (χ1) is 13.7. The number of carbonyl (C=O) groups excluding carboxylic acids is 1. The van der Waals surface area contributed by atoms with Crippen LogP contribution < -0.4 is 10.1 Å². The molecule has 1 fully saturated rings. The first-order valence-corrected chi connectivity index (χ1v) is 9.96. The number of methoxy groups -OCH3 is 1. The van der Waals surface area contributed by atoms with Crippen LogP contribution in [0.15, 0.2) is 42.5 Å². The summed E-state index contributed by atoms with van der Waals surface area (Å²) in [5, 5.41) is 13.7. The van der Waals surface area contributed by atoms with Crippen molar-refractivity contribution in [3.63, 3.8) is 0 Å². The summed E-state index contributed by atoms with van der Waals surface area (Å²) in [5.41, 5.74) is 3.30. The molecule has 2 N–H and O–H groups in total. The van der Waals surface area contributed by atoms with E-state index >= 15 is 0 Å². The largest absolute Gasteiger partial charge is 0.496 e. The molecule has 0 saturated heterocycles. The van der Waals surface area contributed by atoms with E-state index in [-0.39, 0.29) is 5.91 Å². The van der Waals surface area contributed by atoms with Gasteiger partial charge in [-0.3, -0.25) is 4.79 Å². The lowest BCUT2D eigenvalue weighted by Gasteiger charge is -2.28. The predicted molar refractivity (Wildman–Crippen MR) is 109 cm³/mol. The summed E-state index contributed by atoms with van der Waals surface area (Å²) in [4.78, 5) is 12.6. The van der Waals surface area contributed by atoms with Gasteiger partial charge >= 0.3 is 0 Å². The number of rotatable bonds is 6. The number of aromatic amines is 1. The molecule has 6 nitrogen and oxygen atoms in total. The Morgan fingerprint density at radius 1 is 1.11 bits per heavy atom. The standard InChI is InChI=1S/C22H26N4O2/c1-28-21-14-20-19(24-26-25-20)13-18(21)22(27)23-12-11-15-7-9-17(10-8-15)16-5-3-2-4-6-16/h2-6,13-15,17H,7-12H2,1H3,(H,23,27)(H,24,25,26). The number of fused-ring (bicyclic) bond motifs is 1. The summed E-state index contributed by atoms with van der Waals surface area (Å²) in [5.74, 6) is 1.76. The van der Waals surface area contributed by atoms with Gasteiger partial charge in [0.2, 0.25) is 0 Å². The molecule has 0 atom stereocenters. The number of ether oxygens (including phenoxy) is 1. The number of hydrogen-bond acceptors (Lipinski definition) is 4. The summed E-state index contributed by atoms with van der Waals surface area (Å²) < 4.78 is 5.35. The third-order valence-corrected chi connectivity index (χ3v) is 5.84. The van der Waals surface area contributed by atoms with Gasteiger partial charge in [-0.25, -0.2) is 0 Å². The molecule has 1 heterocycles. The summed E-state index contributed by atoms with van der Waals surface area (Å²) in [6, 6.07) is 14.3. The molecule has 28 heavy (non-hydrogen) atoms. The van der Waals surface area contributed by atoms with Crippen molar-refractivity contribution in [1.82, 2.24) is 20.7 Å². The summed E-state index contributed by atoms with van der Waals surface area (Å²) >= 11 is 0. The Labute approximate surface area is 164 Å². The van der Waals surface area contributed by atoms with Gasteiger partial charge < -0.3 is 10.1 Å². The number of nitrogens with one attached hydrogen (secondary N) is 2. The number of amides is 1. The number of benzene rings is 2. The minimum absolute atomic E-state index is 0.125. The van der Waals surface area contributed by atoms with Crippen molar-refractivity contribution in [3.05, 3.63) is 53.6 Å². The van der Waals surface area contributed by atoms with Crippen molar-refractivity contribution in [2.24, 2.45) is 5.92 Å². The van der Waals surface area contributed by atoms with E-state index in [4.69, 9.17) is 4.74 Å². The lowest BCUT2D eigenvalue weighted by molar-refractivity contribution is 0.0947. The van der Waals surface area contributed by atoms with Crippen LogP contribution in [0.25, 0.3) is 11.0 Å². The van der Waals surface area contributed by atoms with Gasteiger partial charge in [-0.05, 0) is 55.6 Å². The van der Waals surface area contributed by atoms with Crippen LogP contribution in [0.1, 0.15) is 53.9 Å². The number of aromatic nitrogens is 3. The van der Waals surface area contributed by atoms with Gasteiger partial charge in [0, 0.05) is 12.6 Å². The average Bonchev–Trinajstić information content (AvgIpc) is 3.21. The minimum Gasteiger partial charge on any atom is -0.496 e. The van der Waals surface area contributed by atoms with E-state index in [0.29, 0.717) is 40.7 Å². The first kappa shape index (κ1) is 18.5. The molecule has 1 aromatic heterocycles. The Hall–Kier alpha value is -2.89. The molecule has 0 unspecified atom stereocenters. The zero-order valence-corrected chi connectivity index (χ0v) is 16.1. The van der Waals surface area contributed by atoms with Crippen LogP contribution in [0.2, 0.25) is 0 Å². The normalized spacial score (nSPS) is 19.5. The second-order valence-electron chi connectivity index (χ2n) is 7.54. The van der Waals surface area contributed by atoms with Crippen LogP contribution in [0.3, 0.4) is 0 Å². The highest BCUT2D eigenvalue weighted by molar-refractivity contribution is 6.00. The van der Waals surface area contributed by atoms with Crippen molar-refractivity contribution in [2.75, 3.05) is 13.7 Å². The maximum Gasteiger partial charge on any atom is 0.255 e. The lowest BCUT2D eigenvalue weighted by atomic mass is 9.77. The molecule has 0 radical (unpaired) electrons. The van der Waals surface area contributed by atoms with E-state index in [1.807, 2.05) is 0 Å². The highest BCUT2D eigenvalue weighted by Crippen LogP contribution is 2.36. The highest BCUT2D eigenvalue weighted by atomic mass is 16.5. The molecule has 0 bridgehead atoms. The molecule has 0 aliphatic heterocycles. The molecule has 2 aromatic carbocycles. The summed E-state index contributed by atoms with van der Waals surface area (Å²) in [7, 11) is 1.56. The summed E-state index contributed by atoms with van der Waals surface area (Å²) in [6.45, 7) is 0.680. The third-order valence-electron chi connectivity index (χ3n) is 5.84. The van der Waals surface area contributed by atoms with Gasteiger partial charge in [0.05, 0.1) is 12.7 Å². The topological polar surface area (TPSA) is 79.9 Å². The first-order valence-electron chi connectivity index (χ1n) is 9.96. The van der Waals surface area contributed by atoms with Gasteiger partial charge in [0.15, 0.2) is 0 Å². The summed E-state index contributed by atoms with van der Waals surface area (Å²) in [6.07, 6.45) is 5.94. The van der Waals surface area contributed by atoms with E-state index < -0.39 is 0 Å². The maximum atomic E-state index is 12.6. The smallest absolute Gasteiger partial charge is 0.255 e. The molecule has 3 aromatic rings. The fourth-order valence-electron chi connectivity index (χ4n) is 4.21. The molecule has 0 spiro atoms. The zero-order valence-electron chi connectivity index (χ0n) is 16.1. The van der Waals surface area contributed by atoms with Crippen molar-refractivity contribution < 1.29 is 9.53 Å². The highest BCUT2D eigenvalue weighted by Gasteiger charge is 2.22. The van der Waals surface area contributed by atoms with Crippen molar-refractivity contribution in [3.8, 4) is 5.75 Å². The van der Waals surface area contributed by atoms with E-state index in [1.165, 1.54) is 31.2 Å². The van der Waals surface area contributed by atoms with Crippen molar-refractivity contribution >= 4 is 16.9 Å². The van der Waals surface area contributed by atoms with Crippen LogP contribution in [-0.4, -0.2) is 35.0 Å². The predicted octanol–water partition coefficient (Wildman–Crippen LogP) is 4.06. The molecule has 6 heteroatoms. The Morgan fingerprint density at radius 2 is 1.82 bits per heavy atom. The fourth-order valence-corrected chi connectivity index (χ4v) is 4.21. The van der Waals surface area contributed by atoms with Crippen LogP contribution in [-0.2, 0) is 0 Å². The monoisotopic (exact) mass is 378 g/mol. The quantitative estimate of drug-likeness (QED) is 0.678. The number of H-pyrrole nitrogens is 1. The Morgan fingerprint density at radius 3 is 2.54 bits per heavy atom. The van der Waals surface area contributed by atoms with E-state index in [2.05, 4.69) is 51.1 Å². The van der Waals surface area contributed by atoms with Crippen LogP contribution in [0, 0.1) is 5.92 Å². The molecule has 1 aliphatic rings. The maximum absolute atomic E-state index is 12.6. The van der Waals surface area contributed by atoms with Crippen LogP contribution in [0.5, 0.6) is 5.75 Å². The van der Waals surface area contributed by atoms with Gasteiger partial charge in [-0.15, -0.1) is 0 Å². The van der Waals surface area contributed by atoms with Gasteiger partial charge in [-0.2, -0.15) is 15.4 Å². The third kappa shape index (κ3) is 4.01. The van der Waals surface area contributed by atoms with Crippen LogP contribution >= 0.6 is 0 Å². The fraction of sp³-hybridized carbons (Fsp3) is 0.409. The number of carbonyl (C=O) groups is 1. The molecular formula is C22H26N4O2. The molecule has 1 amide bonds. The average molecular weight is 378 g/mol. The minimum atomic E-state index is -0.125. The molecule has 146 valence electrons. The Kier molecular flexibility index (Phi) is 5.55. The number of nitrogens with zero attached hydrogens (tertiary/aromatic N) is 2. The van der Waals surface area contributed by atoms with Crippen molar-refractivity contribution in [1.29, 1.82) is 0 Å². The SMILES string of the molecule is COc1cc2n[nH]nc2cc1C(=O)NCCC1CCC(c2ccccc2)CC1. The molecular weight excluding hydrogens is 352 g/mol. The van der Waals surface area contributed by atoms with Gasteiger partial charge in [0.1, 0.15) is 16.8 Å². The van der Waals surface area contributed by atoms with Gasteiger partial charge in [0.25, 0.3) is 5.91 Å². The zero-order chi connectivity index (χ0) is 19.3. The van der Waals surface area contributed by atoms with E-state index in [9.17, 15) is 4.79 Å². The molecule has 1 aliphatic carbocycles. The molecule has 4 rings (SSSR count). The Bertz CT molecular complexity index is 930.